The van der Waals surface area contributed by atoms with Crippen molar-refractivity contribution in [3.63, 3.8) is 0 Å². The minimum atomic E-state index is -1.40. The summed E-state index contributed by atoms with van der Waals surface area (Å²) in [5.74, 6) is 0. The Morgan fingerprint density at radius 2 is 1.15 bits per heavy atom. The second-order valence-corrected chi connectivity index (χ2v) is 7.58. The van der Waals surface area contributed by atoms with Gasteiger partial charge in [0.05, 0.1) is 0 Å². The fourth-order valence-electron chi connectivity index (χ4n) is 1.36. The number of hydrogen-bond donors (Lipinski definition) is 0. The molecule has 72 valence electrons. The molecule has 0 bridgehead atoms. The zero-order valence-corrected chi connectivity index (χ0v) is 9.47. The molecule has 0 aromatic rings. The van der Waals surface area contributed by atoms with Crippen LogP contribution in [-0.2, 0) is 0 Å². The summed E-state index contributed by atoms with van der Waals surface area (Å²) in [6, 6.07) is 2.38. The largest absolute Gasteiger partial charge is 0.107 e. The highest BCUT2D eigenvalue weighted by Crippen LogP contribution is 2.22. The number of hydrogen-bond acceptors (Lipinski definition) is 0. The molecule has 0 heterocycles. The van der Waals surface area contributed by atoms with E-state index in [9.17, 15) is 0 Å². The van der Waals surface area contributed by atoms with Gasteiger partial charge in [0.2, 0.25) is 0 Å². The lowest BCUT2D eigenvalue weighted by Gasteiger charge is -2.22. The summed E-state index contributed by atoms with van der Waals surface area (Å²) in [7, 11) is -1.40. The van der Waals surface area contributed by atoms with Gasteiger partial charge >= 0.3 is 0 Å². The highest BCUT2D eigenvalue weighted by Gasteiger charge is 2.23. The summed E-state index contributed by atoms with van der Waals surface area (Å²) in [6.45, 7) is 15.4. The van der Waals surface area contributed by atoms with Gasteiger partial charge in [-0.3, -0.25) is 0 Å². The van der Waals surface area contributed by atoms with E-state index in [-0.39, 0.29) is 0 Å². The van der Waals surface area contributed by atoms with Crippen molar-refractivity contribution in [2.75, 3.05) is 0 Å². The molecule has 0 aliphatic carbocycles. The molecule has 0 aromatic heterocycles. The molecule has 0 unspecified atom stereocenters. The van der Waals surface area contributed by atoms with Gasteiger partial charge in [0.25, 0.3) is 0 Å². The van der Waals surface area contributed by atoms with Crippen LogP contribution in [0.25, 0.3) is 0 Å². The molecule has 0 N–H and O–H groups in total. The van der Waals surface area contributed by atoms with E-state index in [1.54, 1.807) is 0 Å². The molecule has 0 rings (SSSR count). The normalized spacial score (nSPS) is 10.5. The third kappa shape index (κ3) is 4.09. The number of allylic oxidation sites excluding steroid dienone is 2. The van der Waals surface area contributed by atoms with Crippen LogP contribution in [0.1, 0.15) is 12.8 Å². The molecular formula is C12H20Si. The van der Waals surface area contributed by atoms with Crippen LogP contribution in [-0.4, -0.2) is 8.07 Å². The predicted octanol–water partition coefficient (Wildman–Crippen LogP) is 4.04. The molecule has 0 amide bonds. The smallest absolute Gasteiger partial charge is 0.101 e. The fraction of sp³-hybridized carbons (Fsp3) is 0.333. The average molecular weight is 192 g/mol. The van der Waals surface area contributed by atoms with Gasteiger partial charge in [-0.25, -0.2) is 0 Å². The Hall–Kier alpha value is -0.823. The monoisotopic (exact) mass is 192 g/mol. The van der Waals surface area contributed by atoms with Crippen LogP contribution in [0.2, 0.25) is 12.1 Å². The minimum Gasteiger partial charge on any atom is -0.107 e. The van der Waals surface area contributed by atoms with Crippen molar-refractivity contribution in [3.05, 3.63) is 49.9 Å². The first-order valence-corrected chi connectivity index (χ1v) is 7.30. The van der Waals surface area contributed by atoms with E-state index in [0.717, 1.165) is 12.8 Å². The zero-order valence-electron chi connectivity index (χ0n) is 8.47. The number of rotatable bonds is 8. The van der Waals surface area contributed by atoms with E-state index in [1.165, 1.54) is 12.1 Å². The molecule has 0 spiro atoms. The molecule has 0 aromatic carbocycles. The van der Waals surface area contributed by atoms with E-state index in [0.29, 0.717) is 0 Å². The second-order valence-electron chi connectivity index (χ2n) is 3.30. The van der Waals surface area contributed by atoms with Crippen molar-refractivity contribution in [2.24, 2.45) is 0 Å². The van der Waals surface area contributed by atoms with Crippen molar-refractivity contribution in [3.8, 4) is 0 Å². The first-order chi connectivity index (χ1) is 6.24. The van der Waals surface area contributed by atoms with E-state index >= 15 is 0 Å². The van der Waals surface area contributed by atoms with Gasteiger partial charge in [0, 0.05) is 0 Å². The van der Waals surface area contributed by atoms with Gasteiger partial charge in [-0.2, -0.15) is 0 Å². The maximum atomic E-state index is 3.93. The lowest BCUT2D eigenvalue weighted by molar-refractivity contribution is 1.10. The summed E-state index contributed by atoms with van der Waals surface area (Å²) in [6.07, 6.45) is 6.09. The summed E-state index contributed by atoms with van der Waals surface area (Å²) in [5.41, 5.74) is 4.26. The maximum absolute atomic E-state index is 3.93. The molecule has 0 saturated carbocycles. The molecular weight excluding hydrogens is 172 g/mol. The summed E-state index contributed by atoms with van der Waals surface area (Å²) in [4.78, 5) is 0. The average Bonchev–Trinajstić information content (AvgIpc) is 2.20. The van der Waals surface area contributed by atoms with Gasteiger partial charge in [-0.1, -0.05) is 23.6 Å². The van der Waals surface area contributed by atoms with Crippen LogP contribution < -0.4 is 0 Å². The first kappa shape index (κ1) is 12.2. The maximum Gasteiger partial charge on any atom is 0.101 e. The SMILES string of the molecule is C=CCC[Si](C=C)(C=C)CCC=C. The molecule has 0 fully saturated rings. The highest BCUT2D eigenvalue weighted by molar-refractivity contribution is 6.88. The van der Waals surface area contributed by atoms with Gasteiger partial charge in [-0.05, 0) is 24.9 Å². The Morgan fingerprint density at radius 1 is 0.769 bits per heavy atom. The van der Waals surface area contributed by atoms with E-state index in [2.05, 4.69) is 37.7 Å². The Labute approximate surface area is 83.4 Å². The highest BCUT2D eigenvalue weighted by atomic mass is 28.3. The lowest BCUT2D eigenvalue weighted by Crippen LogP contribution is -2.28. The Balaban J connectivity index is 4.28. The predicted molar refractivity (Wildman–Crippen MR) is 65.4 cm³/mol. The molecule has 13 heavy (non-hydrogen) atoms. The molecule has 0 aliphatic heterocycles. The Bertz CT molecular complexity index is 169. The van der Waals surface area contributed by atoms with Crippen LogP contribution in [0.5, 0.6) is 0 Å². The summed E-state index contributed by atoms with van der Waals surface area (Å²) >= 11 is 0. The van der Waals surface area contributed by atoms with Crippen molar-refractivity contribution in [1.29, 1.82) is 0 Å². The third-order valence-corrected chi connectivity index (χ3v) is 6.51. The molecule has 0 nitrogen and oxygen atoms in total. The van der Waals surface area contributed by atoms with Crippen LogP contribution >= 0.6 is 0 Å². The van der Waals surface area contributed by atoms with Gasteiger partial charge in [-0.15, -0.1) is 26.3 Å². The topological polar surface area (TPSA) is 0 Å². The van der Waals surface area contributed by atoms with Crippen LogP contribution in [0, 0.1) is 0 Å². The molecule has 0 radical (unpaired) electrons. The lowest BCUT2D eigenvalue weighted by atomic mass is 10.5. The van der Waals surface area contributed by atoms with E-state index in [4.69, 9.17) is 0 Å². The quantitative estimate of drug-likeness (QED) is 0.402. The Morgan fingerprint density at radius 3 is 1.38 bits per heavy atom. The zero-order chi connectivity index (χ0) is 10.2. The van der Waals surface area contributed by atoms with Crippen molar-refractivity contribution >= 4 is 8.07 Å². The van der Waals surface area contributed by atoms with Gasteiger partial charge in [0.1, 0.15) is 8.07 Å². The molecule has 1 heteroatoms. The summed E-state index contributed by atoms with van der Waals surface area (Å²) < 4.78 is 0. The minimum absolute atomic E-state index is 1.07. The third-order valence-electron chi connectivity index (χ3n) is 2.44. The first-order valence-electron chi connectivity index (χ1n) is 4.73. The van der Waals surface area contributed by atoms with Gasteiger partial charge < -0.3 is 0 Å². The standard InChI is InChI=1S/C12H20Si/c1-5-9-11-13(7-3,8-4)12-10-6-2/h5-8H,1-4,9-12H2. The van der Waals surface area contributed by atoms with Crippen LogP contribution in [0.15, 0.2) is 49.9 Å². The van der Waals surface area contributed by atoms with Crippen LogP contribution in [0.3, 0.4) is 0 Å². The Kier molecular flexibility index (Phi) is 6.24. The molecule has 0 aliphatic rings. The van der Waals surface area contributed by atoms with Crippen molar-refractivity contribution < 1.29 is 0 Å². The molecule has 0 atom stereocenters. The van der Waals surface area contributed by atoms with E-state index < -0.39 is 8.07 Å². The van der Waals surface area contributed by atoms with E-state index in [1.807, 2.05) is 12.2 Å². The van der Waals surface area contributed by atoms with Crippen molar-refractivity contribution in [1.82, 2.24) is 0 Å². The van der Waals surface area contributed by atoms with Crippen molar-refractivity contribution in [2.45, 2.75) is 24.9 Å². The summed E-state index contributed by atoms with van der Waals surface area (Å²) in [5, 5.41) is 0. The van der Waals surface area contributed by atoms with Crippen LogP contribution in [0.4, 0.5) is 0 Å². The second kappa shape index (κ2) is 6.67. The fourth-order valence-corrected chi connectivity index (χ4v) is 4.07. The van der Waals surface area contributed by atoms with Gasteiger partial charge in [0.15, 0.2) is 0 Å². The molecule has 0 saturated heterocycles.